The molecule has 0 N–H and O–H groups in total. The van der Waals surface area contributed by atoms with Gasteiger partial charge in [-0.1, -0.05) is 43.1 Å². The lowest BCUT2D eigenvalue weighted by molar-refractivity contribution is 0.378. The maximum Gasteiger partial charge on any atom is 0.244 e. The van der Waals surface area contributed by atoms with Crippen LogP contribution in [0.15, 0.2) is 46.2 Å². The Morgan fingerprint density at radius 3 is 2.18 bits per heavy atom. The zero-order valence-corrected chi connectivity index (χ0v) is 21.8. The summed E-state index contributed by atoms with van der Waals surface area (Å²) in [5.74, 6) is 0.516. The Morgan fingerprint density at radius 1 is 0.970 bits per heavy atom. The van der Waals surface area contributed by atoms with E-state index in [9.17, 15) is 16.8 Å². The molecular formula is C21H27Cl2N3O5S2. The van der Waals surface area contributed by atoms with Crippen molar-refractivity contribution in [3.05, 3.63) is 46.4 Å². The van der Waals surface area contributed by atoms with E-state index in [-0.39, 0.29) is 32.9 Å². The Balaban J connectivity index is 1.86. The summed E-state index contributed by atoms with van der Waals surface area (Å²) in [5, 5.41) is 0.171. The van der Waals surface area contributed by atoms with Crippen LogP contribution in [0.4, 0.5) is 5.69 Å². The summed E-state index contributed by atoms with van der Waals surface area (Å²) in [7, 11) is -5.96. The predicted molar refractivity (Wildman–Crippen MR) is 131 cm³/mol. The first kappa shape index (κ1) is 26.1. The number of piperazine rings is 1. The largest absolute Gasteiger partial charge is 0.495 e. The van der Waals surface area contributed by atoms with Gasteiger partial charge >= 0.3 is 0 Å². The van der Waals surface area contributed by atoms with Gasteiger partial charge in [-0.15, -0.1) is 0 Å². The third-order valence-corrected chi connectivity index (χ3v) is 10.5. The van der Waals surface area contributed by atoms with Crippen molar-refractivity contribution in [3.8, 4) is 5.75 Å². The van der Waals surface area contributed by atoms with E-state index < -0.39 is 20.0 Å². The molecule has 3 rings (SSSR count). The summed E-state index contributed by atoms with van der Waals surface area (Å²) < 4.78 is 60.4. The summed E-state index contributed by atoms with van der Waals surface area (Å²) in [6, 6.07) is 9.25. The Hall–Kier alpha value is -1.56. The minimum absolute atomic E-state index is 0.00224. The molecule has 0 saturated carbocycles. The molecule has 0 unspecified atom stereocenters. The number of hydrogen-bond acceptors (Lipinski definition) is 6. The molecule has 1 saturated heterocycles. The number of halogens is 2. The van der Waals surface area contributed by atoms with E-state index in [1.807, 2.05) is 4.90 Å². The van der Waals surface area contributed by atoms with Crippen molar-refractivity contribution in [1.29, 1.82) is 0 Å². The van der Waals surface area contributed by atoms with Gasteiger partial charge in [-0.05, 0) is 30.3 Å². The van der Waals surface area contributed by atoms with E-state index in [1.54, 1.807) is 32.0 Å². The fourth-order valence-electron chi connectivity index (χ4n) is 3.78. The van der Waals surface area contributed by atoms with Crippen LogP contribution in [0.1, 0.15) is 13.8 Å². The normalized spacial score (nSPS) is 15.8. The van der Waals surface area contributed by atoms with Crippen molar-refractivity contribution < 1.29 is 21.6 Å². The lowest BCUT2D eigenvalue weighted by atomic mass is 10.2. The predicted octanol–water partition coefficient (Wildman–Crippen LogP) is 3.54. The van der Waals surface area contributed by atoms with Crippen LogP contribution in [0.3, 0.4) is 0 Å². The van der Waals surface area contributed by atoms with Crippen LogP contribution in [-0.4, -0.2) is 71.8 Å². The minimum atomic E-state index is -3.83. The van der Waals surface area contributed by atoms with Gasteiger partial charge in [0.05, 0.1) is 27.7 Å². The van der Waals surface area contributed by atoms with Crippen molar-refractivity contribution in [2.75, 3.05) is 51.3 Å². The van der Waals surface area contributed by atoms with E-state index in [4.69, 9.17) is 27.9 Å². The van der Waals surface area contributed by atoms with Gasteiger partial charge in [-0.3, -0.25) is 0 Å². The molecule has 12 heteroatoms. The van der Waals surface area contributed by atoms with Crippen molar-refractivity contribution >= 4 is 48.9 Å². The number of hydrogen-bond donors (Lipinski definition) is 0. The van der Waals surface area contributed by atoms with Gasteiger partial charge in [-0.2, -0.15) is 8.61 Å². The first-order valence-corrected chi connectivity index (χ1v) is 14.1. The number of sulfonamides is 2. The van der Waals surface area contributed by atoms with Gasteiger partial charge < -0.3 is 9.64 Å². The van der Waals surface area contributed by atoms with E-state index in [1.165, 1.54) is 33.9 Å². The number of methoxy groups -OCH3 is 1. The summed E-state index contributed by atoms with van der Waals surface area (Å²) in [4.78, 5) is 2.06. The Kier molecular flexibility index (Phi) is 8.19. The number of anilines is 1. The van der Waals surface area contributed by atoms with E-state index in [0.717, 1.165) is 0 Å². The maximum atomic E-state index is 13.1. The first-order chi connectivity index (χ1) is 15.6. The van der Waals surface area contributed by atoms with E-state index >= 15 is 0 Å². The van der Waals surface area contributed by atoms with Gasteiger partial charge in [0.1, 0.15) is 10.6 Å². The monoisotopic (exact) mass is 535 g/mol. The second kappa shape index (κ2) is 10.4. The van der Waals surface area contributed by atoms with Crippen LogP contribution in [0.5, 0.6) is 5.75 Å². The van der Waals surface area contributed by atoms with Crippen LogP contribution in [0.2, 0.25) is 10.0 Å². The fraction of sp³-hybridized carbons (Fsp3) is 0.429. The standard InChI is InChI=1S/C21H27Cl2N3O5S2/c1-4-25(5-2)32(27,28)16-9-10-19(31-3)18(15-16)24-11-13-26(14-12-24)33(29,30)20-8-6-7-17(22)21(20)23/h6-10,15H,4-5,11-14H2,1-3H3. The summed E-state index contributed by atoms with van der Waals surface area (Å²) >= 11 is 12.1. The number of ether oxygens (including phenoxy) is 1. The van der Waals surface area contributed by atoms with Crippen LogP contribution in [0, 0.1) is 0 Å². The molecule has 1 fully saturated rings. The molecule has 1 heterocycles. The van der Waals surface area contributed by atoms with Gasteiger partial charge in [0.2, 0.25) is 20.0 Å². The molecule has 1 aliphatic rings. The van der Waals surface area contributed by atoms with Gasteiger partial charge in [0.15, 0.2) is 0 Å². The molecule has 0 amide bonds. The first-order valence-electron chi connectivity index (χ1n) is 10.4. The second-order valence-corrected chi connectivity index (χ2v) is 12.0. The van der Waals surface area contributed by atoms with Crippen molar-refractivity contribution in [2.45, 2.75) is 23.6 Å². The minimum Gasteiger partial charge on any atom is -0.495 e. The van der Waals surface area contributed by atoms with Gasteiger partial charge in [0, 0.05) is 39.3 Å². The topological polar surface area (TPSA) is 87.2 Å². The SMILES string of the molecule is CCN(CC)S(=O)(=O)c1ccc(OC)c(N2CCN(S(=O)(=O)c3cccc(Cl)c3Cl)CC2)c1. The Bertz CT molecular complexity index is 1210. The number of rotatable bonds is 8. The highest BCUT2D eigenvalue weighted by molar-refractivity contribution is 7.89. The van der Waals surface area contributed by atoms with Crippen LogP contribution >= 0.6 is 23.2 Å². The smallest absolute Gasteiger partial charge is 0.244 e. The van der Waals surface area contributed by atoms with Crippen molar-refractivity contribution in [1.82, 2.24) is 8.61 Å². The van der Waals surface area contributed by atoms with Crippen LogP contribution < -0.4 is 9.64 Å². The molecule has 0 bridgehead atoms. The summed E-state index contributed by atoms with van der Waals surface area (Å²) in [6.45, 7) is 5.40. The van der Waals surface area contributed by atoms with Crippen LogP contribution in [-0.2, 0) is 20.0 Å². The molecule has 0 aromatic heterocycles. The van der Waals surface area contributed by atoms with Gasteiger partial charge in [-0.25, -0.2) is 16.8 Å². The highest BCUT2D eigenvalue weighted by Crippen LogP contribution is 2.35. The second-order valence-electron chi connectivity index (χ2n) is 7.37. The lowest BCUT2D eigenvalue weighted by Gasteiger charge is -2.36. The average Bonchev–Trinajstić information content (AvgIpc) is 2.81. The fourth-order valence-corrected chi connectivity index (χ4v) is 7.42. The maximum absolute atomic E-state index is 13.1. The zero-order valence-electron chi connectivity index (χ0n) is 18.7. The molecule has 0 spiro atoms. The molecular weight excluding hydrogens is 509 g/mol. The Morgan fingerprint density at radius 2 is 1.61 bits per heavy atom. The van der Waals surface area contributed by atoms with Gasteiger partial charge in [0.25, 0.3) is 0 Å². The molecule has 0 atom stereocenters. The quantitative estimate of drug-likeness (QED) is 0.513. The molecule has 0 radical (unpaired) electrons. The highest BCUT2D eigenvalue weighted by atomic mass is 35.5. The van der Waals surface area contributed by atoms with Crippen molar-refractivity contribution in [2.24, 2.45) is 0 Å². The molecule has 182 valence electrons. The third kappa shape index (κ3) is 5.11. The van der Waals surface area contributed by atoms with Crippen molar-refractivity contribution in [3.63, 3.8) is 0 Å². The number of nitrogens with zero attached hydrogens (tertiary/aromatic N) is 3. The van der Waals surface area contributed by atoms with E-state index in [2.05, 4.69) is 0 Å². The summed E-state index contributed by atoms with van der Waals surface area (Å²) in [6.07, 6.45) is 0. The molecule has 2 aromatic rings. The molecule has 8 nitrogen and oxygen atoms in total. The molecule has 33 heavy (non-hydrogen) atoms. The molecule has 0 aliphatic carbocycles. The zero-order chi connectivity index (χ0) is 24.4. The third-order valence-electron chi connectivity index (χ3n) is 5.61. The van der Waals surface area contributed by atoms with Crippen LogP contribution in [0.25, 0.3) is 0 Å². The Labute approximate surface area is 205 Å². The van der Waals surface area contributed by atoms with E-state index in [0.29, 0.717) is 37.6 Å². The molecule has 2 aromatic carbocycles. The number of benzene rings is 2. The highest BCUT2D eigenvalue weighted by Gasteiger charge is 2.32. The summed E-state index contributed by atoms with van der Waals surface area (Å²) in [5.41, 5.74) is 0.601. The molecule has 1 aliphatic heterocycles. The average molecular weight is 537 g/mol. The lowest BCUT2D eigenvalue weighted by Crippen LogP contribution is -2.48.